The van der Waals surface area contributed by atoms with Crippen LogP contribution in [0.1, 0.15) is 72.8 Å². The number of carbonyl (C=O) groups excluding carboxylic acids is 2. The number of aromatic nitrogens is 3. The van der Waals surface area contributed by atoms with Gasteiger partial charge in [-0.2, -0.15) is 4.98 Å². The zero-order chi connectivity index (χ0) is 31.5. The third kappa shape index (κ3) is 6.47. The number of hydrogen-bond acceptors (Lipinski definition) is 7. The summed E-state index contributed by atoms with van der Waals surface area (Å²) in [6.45, 7) is 1.97. The Labute approximate surface area is 263 Å². The fourth-order valence-corrected chi connectivity index (χ4v) is 6.73. The summed E-state index contributed by atoms with van der Waals surface area (Å²) in [7, 11) is 3.84. The number of primary amides is 1. The molecule has 1 aliphatic heterocycles. The second kappa shape index (κ2) is 13.2. The number of nitrogens with two attached hydrogens (primary N) is 1. The van der Waals surface area contributed by atoms with Crippen LogP contribution in [0.4, 0.5) is 17.3 Å². The molecule has 45 heavy (non-hydrogen) atoms. The monoisotopic (exact) mass is 607 g/mol. The predicted molar refractivity (Wildman–Crippen MR) is 176 cm³/mol. The number of likely N-dealkylation sites (tertiary alicyclic amines) is 1. The molecule has 1 saturated carbocycles. The maximum absolute atomic E-state index is 13.3. The van der Waals surface area contributed by atoms with Crippen molar-refractivity contribution >= 4 is 40.2 Å². The molecule has 2 aromatic heterocycles. The van der Waals surface area contributed by atoms with Crippen LogP contribution in [0.3, 0.4) is 0 Å². The van der Waals surface area contributed by atoms with Crippen molar-refractivity contribution in [3.63, 3.8) is 0 Å². The molecule has 4 aromatic rings. The summed E-state index contributed by atoms with van der Waals surface area (Å²) in [5.74, 6) is 0.258. The quantitative estimate of drug-likeness (QED) is 0.295. The summed E-state index contributed by atoms with van der Waals surface area (Å²) in [4.78, 5) is 53.6. The van der Waals surface area contributed by atoms with E-state index in [-0.39, 0.29) is 17.5 Å². The molecule has 0 unspecified atom stereocenters. The highest BCUT2D eigenvalue weighted by Crippen LogP contribution is 2.36. The van der Waals surface area contributed by atoms with Gasteiger partial charge in [0.2, 0.25) is 17.3 Å². The highest BCUT2D eigenvalue weighted by Gasteiger charge is 2.26. The molecule has 234 valence electrons. The van der Waals surface area contributed by atoms with Gasteiger partial charge in [-0.3, -0.25) is 19.3 Å². The number of anilines is 3. The number of likely N-dealkylation sites (N-methyl/N-ethyl adjacent to an activating group) is 1. The molecule has 6 rings (SSSR count). The molecule has 10 heteroatoms. The molecule has 2 aliphatic rings. The summed E-state index contributed by atoms with van der Waals surface area (Å²) < 4.78 is 1.98. The average Bonchev–Trinajstić information content (AvgIpc) is 3.06. The van der Waals surface area contributed by atoms with Gasteiger partial charge in [-0.15, -0.1) is 0 Å². The first-order valence-electron chi connectivity index (χ1n) is 15.9. The fraction of sp³-hybridized carbons (Fsp3) is 0.400. The Bertz CT molecular complexity index is 1720. The number of pyridine rings is 1. The van der Waals surface area contributed by atoms with Crippen LogP contribution < -0.4 is 16.1 Å². The second-order valence-electron chi connectivity index (χ2n) is 12.5. The van der Waals surface area contributed by atoms with E-state index >= 15 is 0 Å². The lowest BCUT2D eigenvalue weighted by atomic mass is 9.89. The number of nitrogens with zero attached hydrogens (tertiary/aromatic N) is 6. The van der Waals surface area contributed by atoms with Gasteiger partial charge in [0.15, 0.2) is 0 Å². The largest absolute Gasteiger partial charge is 0.365 e. The van der Waals surface area contributed by atoms with E-state index in [2.05, 4.69) is 29.2 Å². The Morgan fingerprint density at radius 3 is 2.22 bits per heavy atom. The molecule has 10 nitrogen and oxygen atoms in total. The lowest BCUT2D eigenvalue weighted by Gasteiger charge is -2.33. The normalized spacial score (nSPS) is 16.3. The lowest BCUT2D eigenvalue weighted by Crippen LogP contribution is -2.42. The molecule has 1 aliphatic carbocycles. The van der Waals surface area contributed by atoms with Gasteiger partial charge in [0.25, 0.3) is 5.91 Å². The Balaban J connectivity index is 1.35. The molecule has 1 saturated heterocycles. The number of hydrogen-bond donors (Lipinski definition) is 1. The van der Waals surface area contributed by atoms with Gasteiger partial charge in [0.1, 0.15) is 11.2 Å². The van der Waals surface area contributed by atoms with Crippen LogP contribution in [-0.4, -0.2) is 69.9 Å². The predicted octanol–water partition coefficient (Wildman–Crippen LogP) is 5.13. The van der Waals surface area contributed by atoms with E-state index in [0.717, 1.165) is 63.0 Å². The first-order valence-corrected chi connectivity index (χ1v) is 15.9. The van der Waals surface area contributed by atoms with E-state index in [1.165, 1.54) is 18.2 Å². The van der Waals surface area contributed by atoms with Crippen LogP contribution in [0.15, 0.2) is 71.8 Å². The van der Waals surface area contributed by atoms with Gasteiger partial charge in [-0.05, 0) is 75.5 Å². The molecule has 3 heterocycles. The number of benzene rings is 2. The van der Waals surface area contributed by atoms with Crippen LogP contribution in [0.25, 0.3) is 11.0 Å². The van der Waals surface area contributed by atoms with Crippen molar-refractivity contribution in [1.29, 1.82) is 0 Å². The number of piperidine rings is 1. The minimum Gasteiger partial charge on any atom is -0.365 e. The number of fused-ring (bicyclic) bond motifs is 1. The van der Waals surface area contributed by atoms with E-state index in [0.29, 0.717) is 29.4 Å². The molecule has 2 amide bonds. The second-order valence-corrected chi connectivity index (χ2v) is 12.5. The average molecular weight is 608 g/mol. The number of carbonyl (C=O) groups is 2. The lowest BCUT2D eigenvalue weighted by molar-refractivity contribution is -0.132. The topological polar surface area (TPSA) is 118 Å². The summed E-state index contributed by atoms with van der Waals surface area (Å²) in [5.41, 5.74) is 8.67. The first-order chi connectivity index (χ1) is 21.8. The molecule has 2 N–H and O–H groups in total. The van der Waals surface area contributed by atoms with Gasteiger partial charge in [-0.1, -0.05) is 49.6 Å². The van der Waals surface area contributed by atoms with Crippen molar-refractivity contribution < 1.29 is 9.59 Å². The van der Waals surface area contributed by atoms with Crippen LogP contribution in [-0.2, 0) is 4.79 Å². The van der Waals surface area contributed by atoms with Crippen molar-refractivity contribution in [2.24, 2.45) is 5.73 Å². The Kier molecular flexibility index (Phi) is 8.93. The zero-order valence-electron chi connectivity index (χ0n) is 26.1. The highest BCUT2D eigenvalue weighted by atomic mass is 16.2. The third-order valence-electron chi connectivity index (χ3n) is 9.13. The van der Waals surface area contributed by atoms with Crippen LogP contribution in [0.2, 0.25) is 0 Å². The first kappa shape index (κ1) is 30.5. The van der Waals surface area contributed by atoms with Crippen LogP contribution in [0, 0.1) is 0 Å². The van der Waals surface area contributed by atoms with E-state index in [1.54, 1.807) is 6.20 Å². The summed E-state index contributed by atoms with van der Waals surface area (Å²) >= 11 is 0. The van der Waals surface area contributed by atoms with Crippen LogP contribution >= 0.6 is 0 Å². The van der Waals surface area contributed by atoms with Crippen molar-refractivity contribution in [1.82, 2.24) is 24.3 Å². The Hall–Kier alpha value is -4.57. The van der Waals surface area contributed by atoms with Gasteiger partial charge < -0.3 is 20.1 Å². The smallest absolute Gasteiger partial charge is 0.254 e. The van der Waals surface area contributed by atoms with E-state index in [4.69, 9.17) is 10.7 Å². The van der Waals surface area contributed by atoms with Crippen molar-refractivity contribution in [2.75, 3.05) is 38.6 Å². The Morgan fingerprint density at radius 2 is 1.58 bits per heavy atom. The fourth-order valence-electron chi connectivity index (χ4n) is 6.73. The van der Waals surface area contributed by atoms with Gasteiger partial charge in [-0.25, -0.2) is 4.98 Å². The highest BCUT2D eigenvalue weighted by molar-refractivity contribution is 5.95. The molecule has 2 fully saturated rings. The van der Waals surface area contributed by atoms with E-state index in [9.17, 15) is 14.4 Å². The van der Waals surface area contributed by atoms with E-state index in [1.807, 2.05) is 63.7 Å². The van der Waals surface area contributed by atoms with Crippen molar-refractivity contribution in [3.05, 3.63) is 88.3 Å². The third-order valence-corrected chi connectivity index (χ3v) is 9.13. The molecule has 0 bridgehead atoms. The van der Waals surface area contributed by atoms with Gasteiger partial charge in [0.05, 0.1) is 11.9 Å². The number of rotatable bonds is 8. The summed E-state index contributed by atoms with van der Waals surface area (Å²) in [6, 6.07) is 18.5. The van der Waals surface area contributed by atoms with Gasteiger partial charge in [0, 0.05) is 42.9 Å². The number of amides is 2. The Morgan fingerprint density at radius 1 is 0.911 bits per heavy atom. The molecule has 0 radical (unpaired) electrons. The maximum atomic E-state index is 13.3. The van der Waals surface area contributed by atoms with Crippen molar-refractivity contribution in [2.45, 2.75) is 56.9 Å². The minimum absolute atomic E-state index is 0.0344. The standard InChI is InChI=1S/C35H41N7O3/c1-39(2)23-31(43)40-19-17-25(18-20-40)24-13-15-28(16-14-24)42(27-11-7-4-8-12-27)35-37-21-29-32(44)30(33(36)45)22-41(34(29)38-35)26-9-5-3-6-10-26/h4,7-8,11-16,21-22,25-26H,3,5-6,9-10,17-20,23H2,1-2H3,(H2,36,45). The molecular weight excluding hydrogens is 566 g/mol. The summed E-state index contributed by atoms with van der Waals surface area (Å²) in [5, 5.41) is 0.291. The van der Waals surface area contributed by atoms with Crippen LogP contribution in [0.5, 0.6) is 0 Å². The zero-order valence-corrected chi connectivity index (χ0v) is 26.1. The molecule has 0 atom stereocenters. The van der Waals surface area contributed by atoms with Crippen molar-refractivity contribution in [3.8, 4) is 0 Å². The molecule has 0 spiro atoms. The summed E-state index contributed by atoms with van der Waals surface area (Å²) in [6.07, 6.45) is 10.2. The minimum atomic E-state index is -0.743. The molecular formula is C35H41N7O3. The van der Waals surface area contributed by atoms with Gasteiger partial charge >= 0.3 is 0 Å². The molecule has 2 aromatic carbocycles. The SMILES string of the molecule is CN(C)CC(=O)N1CCC(c2ccc(N(c3ccccc3)c3ncc4c(=O)c(C(N)=O)cn(C5CCCCC5)c4n3)cc2)CC1. The van der Waals surface area contributed by atoms with E-state index < -0.39 is 11.3 Å². The maximum Gasteiger partial charge on any atom is 0.254 e. The number of para-hydroxylation sites is 1.